The number of amides is 2. The molecule has 0 atom stereocenters. The first-order valence-electron chi connectivity index (χ1n) is 9.08. The smallest absolute Gasteiger partial charge is 0.464 e. The van der Waals surface area contributed by atoms with E-state index in [9.17, 15) is 27.6 Å². The maximum absolute atomic E-state index is 12.7. The number of nitrogens with zero attached hydrogens (tertiary/aromatic N) is 1. The molecule has 0 unspecified atom stereocenters. The van der Waals surface area contributed by atoms with Crippen LogP contribution in [-0.2, 0) is 32.0 Å². The molecule has 2 amide bonds. The molecule has 2 rings (SSSR count). The molecule has 0 bridgehead atoms. The van der Waals surface area contributed by atoms with Crippen LogP contribution in [-0.4, -0.2) is 48.3 Å². The van der Waals surface area contributed by atoms with Gasteiger partial charge in [-0.25, -0.2) is 9.59 Å². The predicted molar refractivity (Wildman–Crippen MR) is 101 cm³/mol. The topological polar surface area (TPSA) is 84.9 Å². The lowest BCUT2D eigenvalue weighted by Crippen LogP contribution is -2.43. The lowest BCUT2D eigenvalue weighted by molar-refractivity contribution is -0.186. The SMILES string of the molecule is COC(=O)C(=Cc1ccc2c(c1)CN(C(=O)C(F)(F)F)CC2)NC(=O)OC(C)(C)C. The molecule has 1 aromatic rings. The molecule has 1 N–H and O–H groups in total. The monoisotopic (exact) mass is 428 g/mol. The molecule has 0 spiro atoms. The molecule has 10 heteroatoms. The van der Waals surface area contributed by atoms with Gasteiger partial charge in [0.2, 0.25) is 0 Å². The van der Waals surface area contributed by atoms with Crippen molar-refractivity contribution in [3.05, 3.63) is 40.6 Å². The first-order chi connectivity index (χ1) is 13.8. The van der Waals surface area contributed by atoms with Crippen molar-refractivity contribution < 1.29 is 37.0 Å². The van der Waals surface area contributed by atoms with Gasteiger partial charge in [-0.3, -0.25) is 10.1 Å². The number of rotatable bonds is 3. The number of nitrogens with one attached hydrogen (secondary N) is 1. The van der Waals surface area contributed by atoms with Gasteiger partial charge in [0.15, 0.2) is 0 Å². The minimum absolute atomic E-state index is 0.0336. The summed E-state index contributed by atoms with van der Waals surface area (Å²) in [5.41, 5.74) is 0.774. The van der Waals surface area contributed by atoms with Gasteiger partial charge in [0.1, 0.15) is 11.3 Å². The lowest BCUT2D eigenvalue weighted by atomic mass is 9.97. The van der Waals surface area contributed by atoms with Crippen molar-refractivity contribution in [3.63, 3.8) is 0 Å². The van der Waals surface area contributed by atoms with Crippen molar-refractivity contribution in [3.8, 4) is 0 Å². The van der Waals surface area contributed by atoms with E-state index in [0.717, 1.165) is 17.6 Å². The third kappa shape index (κ3) is 6.23. The Balaban J connectivity index is 2.27. The van der Waals surface area contributed by atoms with Crippen LogP contribution in [0.3, 0.4) is 0 Å². The fourth-order valence-corrected chi connectivity index (χ4v) is 2.86. The molecular weight excluding hydrogens is 405 g/mol. The summed E-state index contributed by atoms with van der Waals surface area (Å²) in [4.78, 5) is 36.3. The van der Waals surface area contributed by atoms with Crippen LogP contribution in [0.15, 0.2) is 23.9 Å². The number of hydrogen-bond acceptors (Lipinski definition) is 5. The summed E-state index contributed by atoms with van der Waals surface area (Å²) in [5, 5.41) is 2.31. The zero-order chi connectivity index (χ0) is 22.7. The van der Waals surface area contributed by atoms with Crippen LogP contribution in [0.2, 0.25) is 0 Å². The van der Waals surface area contributed by atoms with Crippen molar-refractivity contribution in [1.29, 1.82) is 0 Å². The zero-order valence-corrected chi connectivity index (χ0v) is 17.1. The maximum atomic E-state index is 12.7. The van der Waals surface area contributed by atoms with Gasteiger partial charge in [-0.05, 0) is 56.0 Å². The molecule has 0 aliphatic carbocycles. The second-order valence-corrected chi connectivity index (χ2v) is 7.68. The van der Waals surface area contributed by atoms with Crippen LogP contribution in [0.4, 0.5) is 18.0 Å². The number of fused-ring (bicyclic) bond motifs is 1. The van der Waals surface area contributed by atoms with E-state index in [1.165, 1.54) is 6.08 Å². The quantitative estimate of drug-likeness (QED) is 0.591. The number of carbonyl (C=O) groups is 3. The highest BCUT2D eigenvalue weighted by atomic mass is 19.4. The van der Waals surface area contributed by atoms with E-state index in [1.807, 2.05) is 0 Å². The first kappa shape index (κ1) is 23.2. The van der Waals surface area contributed by atoms with Gasteiger partial charge in [-0.15, -0.1) is 0 Å². The summed E-state index contributed by atoms with van der Waals surface area (Å²) in [7, 11) is 1.14. The average Bonchev–Trinajstić information content (AvgIpc) is 2.63. The average molecular weight is 428 g/mol. The Morgan fingerprint density at radius 2 is 1.80 bits per heavy atom. The molecule has 0 radical (unpaired) electrons. The van der Waals surface area contributed by atoms with Crippen LogP contribution in [0.5, 0.6) is 0 Å². The number of carbonyl (C=O) groups excluding carboxylic acids is 3. The third-order valence-electron chi connectivity index (χ3n) is 4.12. The van der Waals surface area contributed by atoms with E-state index >= 15 is 0 Å². The highest BCUT2D eigenvalue weighted by molar-refractivity contribution is 5.96. The molecule has 0 fully saturated rings. The molecule has 1 heterocycles. The molecule has 30 heavy (non-hydrogen) atoms. The second kappa shape index (κ2) is 8.76. The Kier molecular flexibility index (Phi) is 6.79. The van der Waals surface area contributed by atoms with Gasteiger partial charge in [-0.2, -0.15) is 13.2 Å². The van der Waals surface area contributed by atoms with Crippen molar-refractivity contribution >= 4 is 24.0 Å². The molecule has 164 valence electrons. The molecule has 0 saturated carbocycles. The number of ether oxygens (including phenoxy) is 2. The van der Waals surface area contributed by atoms with E-state index in [1.54, 1.807) is 39.0 Å². The van der Waals surface area contributed by atoms with Gasteiger partial charge in [0.25, 0.3) is 0 Å². The van der Waals surface area contributed by atoms with Crippen LogP contribution >= 0.6 is 0 Å². The van der Waals surface area contributed by atoms with Crippen LogP contribution in [0.1, 0.15) is 37.5 Å². The summed E-state index contributed by atoms with van der Waals surface area (Å²) >= 11 is 0. The Morgan fingerprint density at radius 3 is 2.37 bits per heavy atom. The lowest BCUT2D eigenvalue weighted by Gasteiger charge is -2.29. The van der Waals surface area contributed by atoms with Gasteiger partial charge < -0.3 is 14.4 Å². The number of alkyl halides is 3. The van der Waals surface area contributed by atoms with E-state index in [-0.39, 0.29) is 25.2 Å². The third-order valence-corrected chi connectivity index (χ3v) is 4.12. The van der Waals surface area contributed by atoms with E-state index < -0.39 is 29.7 Å². The number of benzene rings is 1. The van der Waals surface area contributed by atoms with Gasteiger partial charge >= 0.3 is 24.1 Å². The van der Waals surface area contributed by atoms with Crippen LogP contribution in [0, 0.1) is 0 Å². The fraction of sp³-hybridized carbons (Fsp3) is 0.450. The molecule has 0 saturated heterocycles. The van der Waals surface area contributed by atoms with Gasteiger partial charge in [0.05, 0.1) is 7.11 Å². The number of methoxy groups -OCH3 is 1. The minimum Gasteiger partial charge on any atom is -0.464 e. The van der Waals surface area contributed by atoms with Gasteiger partial charge in [-0.1, -0.05) is 12.1 Å². The van der Waals surface area contributed by atoms with Gasteiger partial charge in [0, 0.05) is 13.1 Å². The van der Waals surface area contributed by atoms with Crippen LogP contribution < -0.4 is 5.32 Å². The van der Waals surface area contributed by atoms with Crippen LogP contribution in [0.25, 0.3) is 6.08 Å². The Hall–Kier alpha value is -3.04. The fourth-order valence-electron chi connectivity index (χ4n) is 2.86. The van der Waals surface area contributed by atoms with Crippen molar-refractivity contribution in [2.24, 2.45) is 0 Å². The summed E-state index contributed by atoms with van der Waals surface area (Å²) < 4.78 is 47.9. The number of esters is 1. The zero-order valence-electron chi connectivity index (χ0n) is 17.1. The molecule has 1 aromatic carbocycles. The predicted octanol–water partition coefficient (Wildman–Crippen LogP) is 3.17. The summed E-state index contributed by atoms with van der Waals surface area (Å²) in [6.45, 7) is 4.74. The first-order valence-corrected chi connectivity index (χ1v) is 9.08. The van der Waals surface area contributed by atoms with E-state index in [4.69, 9.17) is 4.74 Å². The molecule has 1 aliphatic heterocycles. The molecular formula is C20H23F3N2O5. The Morgan fingerprint density at radius 1 is 1.13 bits per heavy atom. The Bertz CT molecular complexity index is 872. The highest BCUT2D eigenvalue weighted by Gasteiger charge is 2.43. The molecule has 7 nitrogen and oxygen atoms in total. The second-order valence-electron chi connectivity index (χ2n) is 7.68. The summed E-state index contributed by atoms with van der Waals surface area (Å²) in [5.74, 6) is -2.72. The standard InChI is InChI=1S/C20H23F3N2O5/c1-19(2,3)30-18(28)24-15(16(26)29-4)10-12-5-6-13-7-8-25(11-14(13)9-12)17(27)20(21,22)23/h5-6,9-10H,7-8,11H2,1-4H3,(H,24,28). The largest absolute Gasteiger partial charge is 0.471 e. The maximum Gasteiger partial charge on any atom is 0.471 e. The Labute approximate surface area is 171 Å². The summed E-state index contributed by atoms with van der Waals surface area (Å²) in [6, 6.07) is 4.92. The van der Waals surface area contributed by atoms with Crippen molar-refractivity contribution in [2.75, 3.05) is 13.7 Å². The summed E-state index contributed by atoms with van der Waals surface area (Å²) in [6.07, 6.45) is -4.20. The van der Waals surface area contributed by atoms with E-state index in [0.29, 0.717) is 11.1 Å². The number of alkyl carbamates (subject to hydrolysis) is 1. The van der Waals surface area contributed by atoms with Crippen molar-refractivity contribution in [2.45, 2.75) is 45.5 Å². The van der Waals surface area contributed by atoms with Crippen molar-refractivity contribution in [1.82, 2.24) is 10.2 Å². The minimum atomic E-state index is -4.94. The number of hydrogen-bond donors (Lipinski definition) is 1. The highest BCUT2D eigenvalue weighted by Crippen LogP contribution is 2.26. The molecule has 0 aromatic heterocycles. The normalized spacial score (nSPS) is 14.6. The number of halogens is 3. The molecule has 1 aliphatic rings. The van der Waals surface area contributed by atoms with E-state index in [2.05, 4.69) is 10.1 Å².